The standard InChI is InChI=1S/C13H22O3/c1-3-8-14-9-12-10-15-13(16-12)7-5-4-6-11(13)2/h3,11-12H,1,4-10H2,2H3. The fraction of sp³-hybridized carbons (Fsp3) is 0.846. The number of ether oxygens (including phenoxy) is 3. The molecule has 92 valence electrons. The molecule has 1 spiro atoms. The average Bonchev–Trinajstić information content (AvgIpc) is 2.68. The second kappa shape index (κ2) is 5.30. The average molecular weight is 226 g/mol. The first-order valence-corrected chi connectivity index (χ1v) is 6.27. The fourth-order valence-electron chi connectivity index (χ4n) is 2.63. The normalized spacial score (nSPS) is 39.1. The molecule has 3 atom stereocenters. The first kappa shape index (κ1) is 12.1. The van der Waals surface area contributed by atoms with Crippen LogP contribution in [0.2, 0.25) is 0 Å². The zero-order chi connectivity index (χ0) is 11.4. The smallest absolute Gasteiger partial charge is 0.171 e. The molecule has 0 aromatic rings. The van der Waals surface area contributed by atoms with Crippen molar-refractivity contribution in [1.29, 1.82) is 0 Å². The van der Waals surface area contributed by atoms with Crippen LogP contribution in [-0.4, -0.2) is 31.7 Å². The van der Waals surface area contributed by atoms with Crippen LogP contribution in [0.25, 0.3) is 0 Å². The van der Waals surface area contributed by atoms with Crippen LogP contribution in [0.1, 0.15) is 32.6 Å². The first-order valence-electron chi connectivity index (χ1n) is 6.27. The molecule has 0 radical (unpaired) electrons. The van der Waals surface area contributed by atoms with Gasteiger partial charge in [0.15, 0.2) is 5.79 Å². The van der Waals surface area contributed by atoms with E-state index in [-0.39, 0.29) is 11.9 Å². The summed E-state index contributed by atoms with van der Waals surface area (Å²) in [5, 5.41) is 0. The van der Waals surface area contributed by atoms with E-state index in [1.54, 1.807) is 6.08 Å². The molecule has 0 aromatic heterocycles. The Bertz CT molecular complexity index is 241. The highest BCUT2D eigenvalue weighted by Crippen LogP contribution is 2.41. The summed E-state index contributed by atoms with van der Waals surface area (Å²) in [7, 11) is 0. The van der Waals surface area contributed by atoms with Gasteiger partial charge in [0, 0.05) is 12.3 Å². The Morgan fingerprint density at radius 3 is 3.12 bits per heavy atom. The molecule has 1 heterocycles. The van der Waals surface area contributed by atoms with E-state index in [2.05, 4.69) is 13.5 Å². The van der Waals surface area contributed by atoms with E-state index >= 15 is 0 Å². The third-order valence-electron chi connectivity index (χ3n) is 3.58. The van der Waals surface area contributed by atoms with Gasteiger partial charge in [0.2, 0.25) is 0 Å². The van der Waals surface area contributed by atoms with Crippen LogP contribution in [0.4, 0.5) is 0 Å². The molecule has 3 unspecified atom stereocenters. The zero-order valence-corrected chi connectivity index (χ0v) is 10.1. The topological polar surface area (TPSA) is 27.7 Å². The Kier molecular flexibility index (Phi) is 4.00. The minimum absolute atomic E-state index is 0.0977. The summed E-state index contributed by atoms with van der Waals surface area (Å²) in [6.45, 7) is 7.72. The van der Waals surface area contributed by atoms with E-state index < -0.39 is 0 Å². The van der Waals surface area contributed by atoms with Crippen molar-refractivity contribution < 1.29 is 14.2 Å². The summed E-state index contributed by atoms with van der Waals surface area (Å²) in [6.07, 6.45) is 6.61. The summed E-state index contributed by atoms with van der Waals surface area (Å²) >= 11 is 0. The van der Waals surface area contributed by atoms with Crippen LogP contribution in [0, 0.1) is 5.92 Å². The van der Waals surface area contributed by atoms with Gasteiger partial charge in [0.1, 0.15) is 6.10 Å². The van der Waals surface area contributed by atoms with Crippen molar-refractivity contribution in [3.05, 3.63) is 12.7 Å². The summed E-state index contributed by atoms with van der Waals surface area (Å²) < 4.78 is 17.4. The Morgan fingerprint density at radius 2 is 2.38 bits per heavy atom. The Labute approximate surface area is 97.8 Å². The van der Waals surface area contributed by atoms with Crippen LogP contribution in [0.3, 0.4) is 0 Å². The van der Waals surface area contributed by atoms with Crippen molar-refractivity contribution >= 4 is 0 Å². The van der Waals surface area contributed by atoms with Gasteiger partial charge in [-0.15, -0.1) is 6.58 Å². The van der Waals surface area contributed by atoms with Gasteiger partial charge in [-0.2, -0.15) is 0 Å². The van der Waals surface area contributed by atoms with E-state index in [9.17, 15) is 0 Å². The molecule has 0 bridgehead atoms. The molecule has 0 amide bonds. The minimum atomic E-state index is -0.305. The maximum Gasteiger partial charge on any atom is 0.171 e. The molecule has 3 heteroatoms. The lowest BCUT2D eigenvalue weighted by atomic mass is 9.84. The lowest BCUT2D eigenvalue weighted by Gasteiger charge is -2.37. The second-order valence-corrected chi connectivity index (χ2v) is 4.84. The molecular weight excluding hydrogens is 204 g/mol. The van der Waals surface area contributed by atoms with Gasteiger partial charge in [-0.05, 0) is 12.8 Å². The maximum absolute atomic E-state index is 6.07. The molecule has 0 aromatic carbocycles. The van der Waals surface area contributed by atoms with Gasteiger partial charge in [-0.1, -0.05) is 19.4 Å². The highest BCUT2D eigenvalue weighted by Gasteiger charge is 2.46. The van der Waals surface area contributed by atoms with Crippen LogP contribution in [0.15, 0.2) is 12.7 Å². The predicted molar refractivity (Wildman–Crippen MR) is 62.2 cm³/mol. The van der Waals surface area contributed by atoms with Crippen molar-refractivity contribution in [2.24, 2.45) is 5.92 Å². The van der Waals surface area contributed by atoms with E-state index in [1.165, 1.54) is 19.3 Å². The summed E-state index contributed by atoms with van der Waals surface area (Å²) in [4.78, 5) is 0. The molecule has 2 rings (SSSR count). The zero-order valence-electron chi connectivity index (χ0n) is 10.1. The van der Waals surface area contributed by atoms with Gasteiger partial charge in [-0.25, -0.2) is 0 Å². The molecule has 1 saturated heterocycles. The molecule has 1 aliphatic heterocycles. The van der Waals surface area contributed by atoms with Gasteiger partial charge >= 0.3 is 0 Å². The van der Waals surface area contributed by atoms with Crippen molar-refractivity contribution in [2.45, 2.75) is 44.5 Å². The Balaban J connectivity index is 1.83. The molecule has 3 nitrogen and oxygen atoms in total. The third kappa shape index (κ3) is 2.47. The largest absolute Gasteiger partial charge is 0.375 e. The molecule has 2 aliphatic rings. The lowest BCUT2D eigenvalue weighted by Crippen LogP contribution is -2.41. The summed E-state index contributed by atoms with van der Waals surface area (Å²) in [6, 6.07) is 0. The lowest BCUT2D eigenvalue weighted by molar-refractivity contribution is -0.220. The molecule has 1 saturated carbocycles. The summed E-state index contributed by atoms with van der Waals surface area (Å²) in [5.74, 6) is 0.200. The van der Waals surface area contributed by atoms with Crippen molar-refractivity contribution in [2.75, 3.05) is 19.8 Å². The first-order chi connectivity index (χ1) is 7.77. The Morgan fingerprint density at radius 1 is 1.50 bits per heavy atom. The second-order valence-electron chi connectivity index (χ2n) is 4.84. The van der Waals surface area contributed by atoms with Crippen molar-refractivity contribution in [3.8, 4) is 0 Å². The molecule has 2 fully saturated rings. The van der Waals surface area contributed by atoms with Crippen LogP contribution in [-0.2, 0) is 14.2 Å². The highest BCUT2D eigenvalue weighted by molar-refractivity contribution is 4.87. The van der Waals surface area contributed by atoms with E-state index in [0.29, 0.717) is 25.7 Å². The Hall–Kier alpha value is -0.380. The number of hydrogen-bond acceptors (Lipinski definition) is 3. The van der Waals surface area contributed by atoms with Gasteiger partial charge in [0.25, 0.3) is 0 Å². The number of hydrogen-bond donors (Lipinski definition) is 0. The van der Waals surface area contributed by atoms with Crippen LogP contribution >= 0.6 is 0 Å². The maximum atomic E-state index is 6.07. The molecule has 0 N–H and O–H groups in total. The van der Waals surface area contributed by atoms with Gasteiger partial charge in [0.05, 0.1) is 19.8 Å². The molecule has 16 heavy (non-hydrogen) atoms. The number of rotatable bonds is 4. The van der Waals surface area contributed by atoms with Crippen molar-refractivity contribution in [1.82, 2.24) is 0 Å². The minimum Gasteiger partial charge on any atom is -0.375 e. The monoisotopic (exact) mass is 226 g/mol. The van der Waals surface area contributed by atoms with Crippen LogP contribution in [0.5, 0.6) is 0 Å². The SMILES string of the molecule is C=CCOCC1COC2(CCCCC2C)O1. The highest BCUT2D eigenvalue weighted by atomic mass is 16.8. The predicted octanol–water partition coefficient (Wildman–Crippen LogP) is 2.51. The van der Waals surface area contributed by atoms with Crippen molar-refractivity contribution in [3.63, 3.8) is 0 Å². The van der Waals surface area contributed by atoms with E-state index in [4.69, 9.17) is 14.2 Å². The van der Waals surface area contributed by atoms with Gasteiger partial charge in [-0.3, -0.25) is 0 Å². The van der Waals surface area contributed by atoms with E-state index in [1.807, 2.05) is 0 Å². The molecule has 1 aliphatic carbocycles. The molecular formula is C13H22O3. The quantitative estimate of drug-likeness (QED) is 0.544. The van der Waals surface area contributed by atoms with Gasteiger partial charge < -0.3 is 14.2 Å². The van der Waals surface area contributed by atoms with E-state index in [0.717, 1.165) is 6.42 Å². The fourth-order valence-corrected chi connectivity index (χ4v) is 2.63. The van der Waals surface area contributed by atoms with Crippen LogP contribution < -0.4 is 0 Å². The summed E-state index contributed by atoms with van der Waals surface area (Å²) in [5.41, 5.74) is 0. The third-order valence-corrected chi connectivity index (χ3v) is 3.58.